The summed E-state index contributed by atoms with van der Waals surface area (Å²) in [6, 6.07) is 1.87. The topological polar surface area (TPSA) is 59.2 Å². The highest BCUT2D eigenvalue weighted by molar-refractivity contribution is 5.84. The summed E-state index contributed by atoms with van der Waals surface area (Å²) in [5, 5.41) is 0. The Kier molecular flexibility index (Phi) is 3.14. The quantitative estimate of drug-likeness (QED) is 0.876. The van der Waals surface area contributed by atoms with Gasteiger partial charge in [0.15, 0.2) is 0 Å². The van der Waals surface area contributed by atoms with Gasteiger partial charge in [0.1, 0.15) is 11.7 Å². The van der Waals surface area contributed by atoms with Gasteiger partial charge in [0.25, 0.3) is 0 Å². The molecule has 1 unspecified atom stereocenters. The molecule has 0 spiro atoms. The number of alkyl halides is 3. The molecule has 1 aliphatic heterocycles. The molecule has 2 N–H and O–H groups in total. The molecule has 2 heterocycles. The summed E-state index contributed by atoms with van der Waals surface area (Å²) in [6.45, 7) is 0.523. The molecule has 7 heteroatoms. The molecule has 0 radical (unpaired) electrons. The van der Waals surface area contributed by atoms with Crippen LogP contribution in [0.1, 0.15) is 18.5 Å². The van der Waals surface area contributed by atoms with Crippen LogP contribution >= 0.6 is 0 Å². The number of hydrogen-bond donors (Lipinski definition) is 1. The fraction of sp³-hybridized carbons (Fsp3) is 0.455. The fourth-order valence-corrected chi connectivity index (χ4v) is 2.12. The van der Waals surface area contributed by atoms with E-state index in [1.54, 1.807) is 4.90 Å². The summed E-state index contributed by atoms with van der Waals surface area (Å²) in [5.41, 5.74) is 4.60. The molecule has 1 aromatic rings. The summed E-state index contributed by atoms with van der Waals surface area (Å²) in [5.74, 6) is -0.516. The minimum Gasteiger partial charge on any atom is -0.368 e. The maximum atomic E-state index is 12.5. The minimum atomic E-state index is -4.49. The van der Waals surface area contributed by atoms with Crippen molar-refractivity contribution in [2.24, 2.45) is 5.73 Å². The summed E-state index contributed by atoms with van der Waals surface area (Å²) in [6.07, 6.45) is -2.09. The first-order valence-electron chi connectivity index (χ1n) is 5.49. The minimum absolute atomic E-state index is 0.332. The van der Waals surface area contributed by atoms with Crippen LogP contribution in [0.15, 0.2) is 18.3 Å². The van der Waals surface area contributed by atoms with Gasteiger partial charge in [0.2, 0.25) is 5.91 Å². The van der Waals surface area contributed by atoms with Crippen LogP contribution < -0.4 is 10.6 Å². The second-order valence-electron chi connectivity index (χ2n) is 4.15. The van der Waals surface area contributed by atoms with Crippen molar-refractivity contribution < 1.29 is 18.0 Å². The number of halogens is 3. The van der Waals surface area contributed by atoms with Gasteiger partial charge in [-0.3, -0.25) is 9.78 Å². The standard InChI is InChI=1S/C11H12F3N3O/c12-11(13,14)9-6-7(3-4-16-9)17-5-1-2-8(17)10(15)18/h3-4,6,8H,1-2,5H2,(H2,15,18). The van der Waals surface area contributed by atoms with Crippen LogP contribution in [0.4, 0.5) is 18.9 Å². The van der Waals surface area contributed by atoms with Crippen LogP contribution in [0.5, 0.6) is 0 Å². The molecule has 0 aliphatic carbocycles. The van der Waals surface area contributed by atoms with Crippen molar-refractivity contribution in [1.29, 1.82) is 0 Å². The third-order valence-electron chi connectivity index (χ3n) is 2.95. The summed E-state index contributed by atoms with van der Waals surface area (Å²) in [7, 11) is 0. The molecule has 2 rings (SSSR count). The van der Waals surface area contributed by atoms with Crippen LogP contribution in [0.2, 0.25) is 0 Å². The monoisotopic (exact) mass is 259 g/mol. The van der Waals surface area contributed by atoms with Crippen molar-refractivity contribution in [2.45, 2.75) is 25.1 Å². The van der Waals surface area contributed by atoms with Crippen molar-refractivity contribution in [3.05, 3.63) is 24.0 Å². The van der Waals surface area contributed by atoms with E-state index in [0.717, 1.165) is 18.7 Å². The predicted octanol–water partition coefficient (Wildman–Crippen LogP) is 1.55. The van der Waals surface area contributed by atoms with E-state index < -0.39 is 23.8 Å². The Morgan fingerprint density at radius 2 is 2.22 bits per heavy atom. The van der Waals surface area contributed by atoms with Gasteiger partial charge in [-0.25, -0.2) is 0 Å². The average Bonchev–Trinajstić information content (AvgIpc) is 2.77. The summed E-state index contributed by atoms with van der Waals surface area (Å²) >= 11 is 0. The van der Waals surface area contributed by atoms with E-state index in [9.17, 15) is 18.0 Å². The highest BCUT2D eigenvalue weighted by Gasteiger charge is 2.34. The smallest absolute Gasteiger partial charge is 0.368 e. The number of primary amides is 1. The Labute approximate surface area is 102 Å². The number of carbonyl (C=O) groups excluding carboxylic acids is 1. The lowest BCUT2D eigenvalue weighted by Gasteiger charge is -2.24. The van der Waals surface area contributed by atoms with Crippen LogP contribution in [-0.2, 0) is 11.0 Å². The normalized spacial score (nSPS) is 20.2. The number of anilines is 1. The first-order chi connectivity index (χ1) is 8.39. The van der Waals surface area contributed by atoms with Crippen molar-refractivity contribution in [3.8, 4) is 0 Å². The number of carbonyl (C=O) groups is 1. The van der Waals surface area contributed by atoms with E-state index in [4.69, 9.17) is 5.73 Å². The number of rotatable bonds is 2. The molecule has 0 bridgehead atoms. The Morgan fingerprint density at radius 3 is 2.83 bits per heavy atom. The molecule has 1 fully saturated rings. The van der Waals surface area contributed by atoms with Crippen LogP contribution in [0.25, 0.3) is 0 Å². The number of nitrogens with zero attached hydrogens (tertiary/aromatic N) is 2. The van der Waals surface area contributed by atoms with Gasteiger partial charge < -0.3 is 10.6 Å². The van der Waals surface area contributed by atoms with E-state index in [-0.39, 0.29) is 0 Å². The van der Waals surface area contributed by atoms with Crippen LogP contribution in [-0.4, -0.2) is 23.5 Å². The molecule has 1 aromatic heterocycles. The highest BCUT2D eigenvalue weighted by atomic mass is 19.4. The largest absolute Gasteiger partial charge is 0.433 e. The van der Waals surface area contributed by atoms with Gasteiger partial charge in [-0.1, -0.05) is 0 Å². The summed E-state index contributed by atoms with van der Waals surface area (Å²) < 4.78 is 37.6. The van der Waals surface area contributed by atoms with Crippen LogP contribution in [0, 0.1) is 0 Å². The molecule has 18 heavy (non-hydrogen) atoms. The highest BCUT2D eigenvalue weighted by Crippen LogP contribution is 2.32. The van der Waals surface area contributed by atoms with Crippen molar-refractivity contribution in [2.75, 3.05) is 11.4 Å². The first kappa shape index (κ1) is 12.7. The maximum absolute atomic E-state index is 12.5. The molecule has 1 amide bonds. The zero-order valence-corrected chi connectivity index (χ0v) is 9.44. The number of aromatic nitrogens is 1. The van der Waals surface area contributed by atoms with Crippen molar-refractivity contribution >= 4 is 11.6 Å². The van der Waals surface area contributed by atoms with Crippen LogP contribution in [0.3, 0.4) is 0 Å². The van der Waals surface area contributed by atoms with E-state index >= 15 is 0 Å². The molecule has 0 aromatic carbocycles. The number of pyridine rings is 1. The lowest BCUT2D eigenvalue weighted by Crippen LogP contribution is -2.40. The molecule has 98 valence electrons. The van der Waals surface area contributed by atoms with Gasteiger partial charge in [0, 0.05) is 18.4 Å². The van der Waals surface area contributed by atoms with E-state index in [1.807, 2.05) is 0 Å². The molecule has 1 aliphatic rings. The molecular formula is C11H12F3N3O. The maximum Gasteiger partial charge on any atom is 0.433 e. The zero-order valence-electron chi connectivity index (χ0n) is 9.44. The van der Waals surface area contributed by atoms with Gasteiger partial charge in [-0.2, -0.15) is 13.2 Å². The second kappa shape index (κ2) is 4.47. The molecule has 1 atom stereocenters. The Morgan fingerprint density at radius 1 is 1.50 bits per heavy atom. The third kappa shape index (κ3) is 2.39. The molecular weight excluding hydrogens is 247 g/mol. The SMILES string of the molecule is NC(=O)C1CCCN1c1ccnc(C(F)(F)F)c1. The Bertz CT molecular complexity index is 461. The van der Waals surface area contributed by atoms with Gasteiger partial charge in [-0.15, -0.1) is 0 Å². The number of amides is 1. The Balaban J connectivity index is 2.31. The molecule has 0 saturated carbocycles. The third-order valence-corrected chi connectivity index (χ3v) is 2.95. The summed E-state index contributed by atoms with van der Waals surface area (Å²) in [4.78, 5) is 16.1. The average molecular weight is 259 g/mol. The molecule has 1 saturated heterocycles. The van der Waals surface area contributed by atoms with Gasteiger partial charge in [-0.05, 0) is 25.0 Å². The van der Waals surface area contributed by atoms with Crippen molar-refractivity contribution in [1.82, 2.24) is 4.98 Å². The molecule has 4 nitrogen and oxygen atoms in total. The second-order valence-corrected chi connectivity index (χ2v) is 4.15. The number of nitrogens with two attached hydrogens (primary N) is 1. The lowest BCUT2D eigenvalue weighted by atomic mass is 10.2. The van der Waals surface area contributed by atoms with Gasteiger partial charge in [0.05, 0.1) is 0 Å². The Hall–Kier alpha value is -1.79. The zero-order chi connectivity index (χ0) is 13.3. The van der Waals surface area contributed by atoms with Gasteiger partial charge >= 0.3 is 6.18 Å². The van der Waals surface area contributed by atoms with E-state index in [1.165, 1.54) is 6.07 Å². The number of hydrogen-bond acceptors (Lipinski definition) is 3. The van der Waals surface area contributed by atoms with E-state index in [0.29, 0.717) is 18.7 Å². The lowest BCUT2D eigenvalue weighted by molar-refractivity contribution is -0.141. The van der Waals surface area contributed by atoms with E-state index in [2.05, 4.69) is 4.98 Å². The predicted molar refractivity (Wildman–Crippen MR) is 58.8 cm³/mol. The first-order valence-corrected chi connectivity index (χ1v) is 5.49. The fourth-order valence-electron chi connectivity index (χ4n) is 2.12. The van der Waals surface area contributed by atoms with Crippen molar-refractivity contribution in [3.63, 3.8) is 0 Å².